The summed E-state index contributed by atoms with van der Waals surface area (Å²) in [4.78, 5) is 15.4. The molecule has 3 aromatic rings. The van der Waals surface area contributed by atoms with Gasteiger partial charge in [-0.1, -0.05) is 64.8 Å². The van der Waals surface area contributed by atoms with Crippen molar-refractivity contribution >= 4 is 12.2 Å². The van der Waals surface area contributed by atoms with Crippen LogP contribution < -0.4 is 9.47 Å². The molecule has 31 heavy (non-hydrogen) atoms. The van der Waals surface area contributed by atoms with Crippen LogP contribution in [0.25, 0.3) is 0 Å². The first-order valence-corrected chi connectivity index (χ1v) is 9.87. The van der Waals surface area contributed by atoms with E-state index in [0.717, 1.165) is 11.1 Å². The molecule has 160 valence electrons. The Morgan fingerprint density at radius 3 is 2.03 bits per heavy atom. The van der Waals surface area contributed by atoms with E-state index in [1.807, 2.05) is 68.4 Å². The first kappa shape index (κ1) is 21.9. The molecule has 0 saturated heterocycles. The molecule has 0 aromatic heterocycles. The lowest BCUT2D eigenvalue weighted by Gasteiger charge is -2.12. The molecule has 0 unspecified atom stereocenters. The maximum atomic E-state index is 10.6. The number of aryl methyl sites for hydroxylation is 2. The summed E-state index contributed by atoms with van der Waals surface area (Å²) in [6.45, 7) is 4.37. The van der Waals surface area contributed by atoms with Gasteiger partial charge in [0, 0.05) is 5.56 Å². The fraction of sp³-hybridized carbons (Fsp3) is 0.200. The summed E-state index contributed by atoms with van der Waals surface area (Å²) in [6.07, 6.45) is 1.42. The van der Waals surface area contributed by atoms with Crippen LogP contribution in [0.2, 0.25) is 0 Å². The van der Waals surface area contributed by atoms with Gasteiger partial charge in [0.05, 0.1) is 6.21 Å². The van der Waals surface area contributed by atoms with Crippen molar-refractivity contribution in [3.63, 3.8) is 0 Å². The summed E-state index contributed by atoms with van der Waals surface area (Å²) < 4.78 is 11.8. The Hall–Kier alpha value is -3.80. The second-order valence-electron chi connectivity index (χ2n) is 7.15. The number of carboxylic acid groups (broad SMARTS) is 1. The van der Waals surface area contributed by atoms with Gasteiger partial charge >= 0.3 is 5.97 Å². The SMILES string of the molecule is Cc1ccc(COc2ccc(OCc3ccc(C)cc3)c(C=NOCC(=O)O)c2)cc1. The molecule has 0 aliphatic rings. The highest BCUT2D eigenvalue weighted by atomic mass is 16.6. The number of hydrogen-bond donors (Lipinski definition) is 1. The van der Waals surface area contributed by atoms with E-state index in [2.05, 4.69) is 5.16 Å². The molecule has 0 radical (unpaired) electrons. The maximum Gasteiger partial charge on any atom is 0.344 e. The molecule has 0 bridgehead atoms. The number of nitrogens with zero attached hydrogens (tertiary/aromatic N) is 1. The smallest absolute Gasteiger partial charge is 0.344 e. The highest BCUT2D eigenvalue weighted by molar-refractivity contribution is 5.84. The fourth-order valence-corrected chi connectivity index (χ4v) is 2.73. The summed E-state index contributed by atoms with van der Waals surface area (Å²) in [7, 11) is 0. The summed E-state index contributed by atoms with van der Waals surface area (Å²) >= 11 is 0. The topological polar surface area (TPSA) is 77.3 Å². The number of rotatable bonds is 10. The van der Waals surface area contributed by atoms with Crippen molar-refractivity contribution in [3.8, 4) is 11.5 Å². The molecule has 0 aliphatic heterocycles. The molecular formula is C25H25NO5. The first-order valence-electron chi connectivity index (χ1n) is 9.87. The van der Waals surface area contributed by atoms with Crippen molar-refractivity contribution in [2.45, 2.75) is 27.1 Å². The Bertz CT molecular complexity index is 1030. The molecule has 0 aliphatic carbocycles. The van der Waals surface area contributed by atoms with E-state index in [1.165, 1.54) is 17.3 Å². The van der Waals surface area contributed by atoms with Crippen molar-refractivity contribution in [1.29, 1.82) is 0 Å². The number of carbonyl (C=O) groups is 1. The quantitative estimate of drug-likeness (QED) is 0.374. The number of aliphatic carboxylic acids is 1. The number of ether oxygens (including phenoxy) is 2. The van der Waals surface area contributed by atoms with Gasteiger partial charge in [0.1, 0.15) is 24.7 Å². The minimum absolute atomic E-state index is 0.390. The van der Waals surface area contributed by atoms with Gasteiger partial charge in [-0.05, 0) is 43.2 Å². The highest BCUT2D eigenvalue weighted by Gasteiger charge is 2.07. The Balaban J connectivity index is 1.71. The van der Waals surface area contributed by atoms with Gasteiger partial charge in [-0.25, -0.2) is 4.79 Å². The Morgan fingerprint density at radius 1 is 0.871 bits per heavy atom. The summed E-state index contributed by atoms with van der Waals surface area (Å²) in [5, 5.41) is 12.4. The lowest BCUT2D eigenvalue weighted by Crippen LogP contribution is -2.04. The van der Waals surface area contributed by atoms with Crippen LogP contribution in [0, 0.1) is 13.8 Å². The van der Waals surface area contributed by atoms with Crippen molar-refractivity contribution in [3.05, 3.63) is 94.5 Å². The van der Waals surface area contributed by atoms with E-state index in [9.17, 15) is 4.79 Å². The normalized spacial score (nSPS) is 10.8. The summed E-state index contributed by atoms with van der Waals surface area (Å²) in [6, 6.07) is 21.6. The average Bonchev–Trinajstić information content (AvgIpc) is 2.76. The van der Waals surface area contributed by atoms with Gasteiger partial charge in [0.25, 0.3) is 0 Å². The molecule has 0 amide bonds. The summed E-state index contributed by atoms with van der Waals surface area (Å²) in [5.41, 5.74) is 5.10. The van der Waals surface area contributed by atoms with Crippen LogP contribution >= 0.6 is 0 Å². The van der Waals surface area contributed by atoms with Crippen molar-refractivity contribution < 1.29 is 24.2 Å². The van der Waals surface area contributed by atoms with E-state index >= 15 is 0 Å². The van der Waals surface area contributed by atoms with Gasteiger partial charge in [0.15, 0.2) is 0 Å². The van der Waals surface area contributed by atoms with Crippen molar-refractivity contribution in [2.24, 2.45) is 5.16 Å². The van der Waals surface area contributed by atoms with Crippen molar-refractivity contribution in [1.82, 2.24) is 0 Å². The number of hydrogen-bond acceptors (Lipinski definition) is 5. The molecule has 3 aromatic carbocycles. The van der Waals surface area contributed by atoms with Gasteiger partial charge in [-0.3, -0.25) is 0 Å². The summed E-state index contributed by atoms with van der Waals surface area (Å²) in [5.74, 6) is 0.136. The van der Waals surface area contributed by atoms with Crippen LogP contribution in [0.15, 0.2) is 71.9 Å². The molecule has 0 atom stereocenters. The van der Waals surface area contributed by atoms with Crippen LogP contribution in [-0.2, 0) is 22.8 Å². The van der Waals surface area contributed by atoms with Gasteiger partial charge < -0.3 is 19.4 Å². The van der Waals surface area contributed by atoms with E-state index in [-0.39, 0.29) is 0 Å². The van der Waals surface area contributed by atoms with E-state index in [1.54, 1.807) is 12.1 Å². The van der Waals surface area contributed by atoms with Crippen LogP contribution in [0.3, 0.4) is 0 Å². The number of oxime groups is 1. The van der Waals surface area contributed by atoms with E-state index < -0.39 is 12.6 Å². The maximum absolute atomic E-state index is 10.6. The molecule has 0 saturated carbocycles. The van der Waals surface area contributed by atoms with Crippen LogP contribution in [0.1, 0.15) is 27.8 Å². The molecule has 3 rings (SSSR count). The first-order chi connectivity index (χ1) is 15.0. The average molecular weight is 419 g/mol. The third-order valence-electron chi connectivity index (χ3n) is 4.48. The van der Waals surface area contributed by atoms with Gasteiger partial charge in [-0.2, -0.15) is 0 Å². The van der Waals surface area contributed by atoms with Crippen molar-refractivity contribution in [2.75, 3.05) is 6.61 Å². The Morgan fingerprint density at radius 2 is 1.45 bits per heavy atom. The molecule has 1 N–H and O–H groups in total. The second-order valence-corrected chi connectivity index (χ2v) is 7.15. The Labute approximate surface area is 181 Å². The molecule has 0 heterocycles. The van der Waals surface area contributed by atoms with Crippen LogP contribution in [0.4, 0.5) is 0 Å². The van der Waals surface area contributed by atoms with Crippen LogP contribution in [0.5, 0.6) is 11.5 Å². The third kappa shape index (κ3) is 7.19. The molecule has 0 spiro atoms. The zero-order chi connectivity index (χ0) is 22.1. The monoisotopic (exact) mass is 419 g/mol. The lowest BCUT2D eigenvalue weighted by atomic mass is 10.1. The molecule has 6 heteroatoms. The van der Waals surface area contributed by atoms with Gasteiger partial charge in [-0.15, -0.1) is 0 Å². The number of carboxylic acids is 1. The minimum Gasteiger partial charge on any atom is -0.489 e. The largest absolute Gasteiger partial charge is 0.489 e. The standard InChI is InChI=1S/C25H25NO5/c1-18-3-7-20(8-4-18)15-29-23-11-12-24(22(13-23)14-26-31-17-25(27)28)30-16-21-9-5-19(2)6-10-21/h3-14H,15-17H2,1-2H3,(H,27,28). The third-order valence-corrected chi connectivity index (χ3v) is 4.48. The predicted octanol–water partition coefficient (Wildman–Crippen LogP) is 4.90. The fourth-order valence-electron chi connectivity index (χ4n) is 2.73. The highest BCUT2D eigenvalue weighted by Crippen LogP contribution is 2.25. The minimum atomic E-state index is -1.09. The zero-order valence-electron chi connectivity index (χ0n) is 17.6. The molecular weight excluding hydrogens is 394 g/mol. The lowest BCUT2D eigenvalue weighted by molar-refractivity contribution is -0.142. The predicted molar refractivity (Wildman–Crippen MR) is 119 cm³/mol. The van der Waals surface area contributed by atoms with Gasteiger partial charge in [0.2, 0.25) is 6.61 Å². The second kappa shape index (κ2) is 10.8. The Kier molecular flexibility index (Phi) is 7.65. The zero-order valence-corrected chi connectivity index (χ0v) is 17.6. The molecule has 6 nitrogen and oxygen atoms in total. The van der Waals surface area contributed by atoms with Crippen LogP contribution in [-0.4, -0.2) is 23.9 Å². The molecule has 0 fully saturated rings. The van der Waals surface area contributed by atoms with E-state index in [4.69, 9.17) is 19.4 Å². The number of benzene rings is 3. The van der Waals surface area contributed by atoms with E-state index in [0.29, 0.717) is 30.3 Å².